The average Bonchev–Trinajstić information content (AvgIpc) is 3.12. The second kappa shape index (κ2) is 8.71. The zero-order chi connectivity index (χ0) is 21.9. The molecule has 1 heterocycles. The molecule has 3 rings (SSSR count). The summed E-state index contributed by atoms with van der Waals surface area (Å²) < 4.78 is 5.12. The molecule has 0 radical (unpaired) electrons. The molecule has 0 aliphatic carbocycles. The SMILES string of the molecule is CC(C)(C)N(CCC(C(=O)Nc1ccc2cnsc2c1)c1ccc(O)cc1)C(=O)O. The molecule has 1 unspecified atom stereocenters. The quantitative estimate of drug-likeness (QED) is 0.520. The van der Waals surface area contributed by atoms with E-state index in [0.717, 1.165) is 10.1 Å². The number of anilines is 1. The summed E-state index contributed by atoms with van der Waals surface area (Å²) in [6.45, 7) is 5.66. The number of carbonyl (C=O) groups is 2. The number of phenolic OH excluding ortho intramolecular Hbond substituents is 1. The molecule has 8 heteroatoms. The number of fused-ring (bicyclic) bond motifs is 1. The number of rotatable bonds is 6. The largest absolute Gasteiger partial charge is 0.508 e. The number of nitrogens with zero attached hydrogens (tertiary/aromatic N) is 2. The van der Waals surface area contributed by atoms with Gasteiger partial charge in [-0.15, -0.1) is 0 Å². The molecule has 3 aromatic rings. The van der Waals surface area contributed by atoms with Crippen LogP contribution in [0.15, 0.2) is 48.7 Å². The number of hydrogen-bond donors (Lipinski definition) is 3. The number of amides is 2. The van der Waals surface area contributed by atoms with Gasteiger partial charge >= 0.3 is 6.09 Å². The molecule has 1 atom stereocenters. The van der Waals surface area contributed by atoms with Gasteiger partial charge in [-0.05, 0) is 74.6 Å². The Hall–Kier alpha value is -3.13. The number of nitrogens with one attached hydrogen (secondary N) is 1. The van der Waals surface area contributed by atoms with E-state index in [1.54, 1.807) is 18.3 Å². The van der Waals surface area contributed by atoms with Gasteiger partial charge in [0.05, 0.1) is 10.6 Å². The van der Waals surface area contributed by atoms with Crippen LogP contribution in [0, 0.1) is 0 Å². The van der Waals surface area contributed by atoms with Crippen molar-refractivity contribution in [3.8, 4) is 5.75 Å². The maximum atomic E-state index is 13.2. The minimum atomic E-state index is -1.02. The van der Waals surface area contributed by atoms with Crippen LogP contribution in [0.5, 0.6) is 5.75 Å². The highest BCUT2D eigenvalue weighted by atomic mass is 32.1. The number of carboxylic acid groups (broad SMARTS) is 1. The fourth-order valence-electron chi connectivity index (χ4n) is 3.30. The Labute approximate surface area is 179 Å². The van der Waals surface area contributed by atoms with Gasteiger partial charge in [-0.2, -0.15) is 4.37 Å². The molecule has 1 aromatic heterocycles. The van der Waals surface area contributed by atoms with Crippen LogP contribution in [0.4, 0.5) is 10.5 Å². The number of phenols is 1. The highest BCUT2D eigenvalue weighted by Gasteiger charge is 2.29. The summed E-state index contributed by atoms with van der Waals surface area (Å²) >= 11 is 1.35. The van der Waals surface area contributed by atoms with Gasteiger partial charge in [0.1, 0.15) is 5.75 Å². The summed E-state index contributed by atoms with van der Waals surface area (Å²) in [6, 6.07) is 12.0. The van der Waals surface area contributed by atoms with Gasteiger partial charge in [0, 0.05) is 29.4 Å². The summed E-state index contributed by atoms with van der Waals surface area (Å²) in [6.07, 6.45) is 1.06. The molecule has 30 heavy (non-hydrogen) atoms. The number of aromatic nitrogens is 1. The number of aromatic hydroxyl groups is 1. The third kappa shape index (κ3) is 5.07. The van der Waals surface area contributed by atoms with Crippen LogP contribution >= 0.6 is 11.5 Å². The molecule has 0 saturated heterocycles. The fourth-order valence-corrected chi connectivity index (χ4v) is 3.98. The highest BCUT2D eigenvalue weighted by molar-refractivity contribution is 7.13. The lowest BCUT2D eigenvalue weighted by Crippen LogP contribution is -2.46. The highest BCUT2D eigenvalue weighted by Crippen LogP contribution is 2.27. The molecular weight excluding hydrogens is 402 g/mol. The van der Waals surface area contributed by atoms with Crippen molar-refractivity contribution in [2.24, 2.45) is 0 Å². The van der Waals surface area contributed by atoms with Crippen LogP contribution in [-0.2, 0) is 4.79 Å². The van der Waals surface area contributed by atoms with E-state index in [-0.39, 0.29) is 18.2 Å². The number of hydrogen-bond acceptors (Lipinski definition) is 5. The third-order valence-corrected chi connectivity index (χ3v) is 5.68. The van der Waals surface area contributed by atoms with Crippen molar-refractivity contribution in [3.05, 3.63) is 54.2 Å². The molecule has 0 aliphatic rings. The van der Waals surface area contributed by atoms with E-state index in [1.165, 1.54) is 28.6 Å². The molecule has 0 fully saturated rings. The van der Waals surface area contributed by atoms with Crippen LogP contribution in [0.3, 0.4) is 0 Å². The lowest BCUT2D eigenvalue weighted by atomic mass is 9.93. The van der Waals surface area contributed by atoms with Gasteiger partial charge in [-0.1, -0.05) is 12.1 Å². The summed E-state index contributed by atoms with van der Waals surface area (Å²) in [5.41, 5.74) is 0.786. The van der Waals surface area contributed by atoms with E-state index in [1.807, 2.05) is 39.0 Å². The van der Waals surface area contributed by atoms with Gasteiger partial charge in [-0.3, -0.25) is 4.79 Å². The van der Waals surface area contributed by atoms with Crippen LogP contribution in [0.1, 0.15) is 38.7 Å². The third-order valence-electron chi connectivity index (χ3n) is 4.92. The van der Waals surface area contributed by atoms with Gasteiger partial charge in [0.25, 0.3) is 0 Å². The van der Waals surface area contributed by atoms with Gasteiger partial charge in [0.2, 0.25) is 5.91 Å². The van der Waals surface area contributed by atoms with Crippen LogP contribution in [0.25, 0.3) is 10.1 Å². The Balaban J connectivity index is 1.83. The second-order valence-corrected chi connectivity index (χ2v) is 8.94. The lowest BCUT2D eigenvalue weighted by Gasteiger charge is -2.34. The minimum Gasteiger partial charge on any atom is -0.508 e. The van der Waals surface area contributed by atoms with E-state index >= 15 is 0 Å². The van der Waals surface area contributed by atoms with Crippen molar-refractivity contribution in [3.63, 3.8) is 0 Å². The van der Waals surface area contributed by atoms with Crippen LogP contribution in [-0.4, -0.2) is 43.6 Å². The Bertz CT molecular complexity index is 1040. The summed E-state index contributed by atoms with van der Waals surface area (Å²) in [5, 5.41) is 23.1. The van der Waals surface area contributed by atoms with Crippen molar-refractivity contribution in [1.29, 1.82) is 0 Å². The first-order valence-corrected chi connectivity index (χ1v) is 10.4. The van der Waals surface area contributed by atoms with Gasteiger partial charge in [0.15, 0.2) is 0 Å². The van der Waals surface area contributed by atoms with Crippen molar-refractivity contribution < 1.29 is 19.8 Å². The smallest absolute Gasteiger partial charge is 0.407 e. The summed E-state index contributed by atoms with van der Waals surface area (Å²) in [5.74, 6) is -0.703. The van der Waals surface area contributed by atoms with E-state index in [0.29, 0.717) is 17.7 Å². The van der Waals surface area contributed by atoms with E-state index in [9.17, 15) is 19.8 Å². The monoisotopic (exact) mass is 427 g/mol. The van der Waals surface area contributed by atoms with Crippen molar-refractivity contribution in [2.45, 2.75) is 38.6 Å². The van der Waals surface area contributed by atoms with E-state index in [4.69, 9.17) is 0 Å². The Morgan fingerprint density at radius 2 is 1.87 bits per heavy atom. The molecular formula is C22H25N3O4S. The molecule has 0 bridgehead atoms. The molecule has 0 saturated carbocycles. The zero-order valence-electron chi connectivity index (χ0n) is 17.1. The molecule has 3 N–H and O–H groups in total. The standard InChI is InChI=1S/C22H25N3O4S/c1-22(2,3)25(21(28)29)11-10-18(14-5-8-17(26)9-6-14)20(27)24-16-7-4-15-13-23-30-19(15)12-16/h4-9,12-13,18,26H,10-11H2,1-3H3,(H,24,27)(H,28,29). The van der Waals surface area contributed by atoms with Gasteiger partial charge in [-0.25, -0.2) is 4.79 Å². The first-order chi connectivity index (χ1) is 14.1. The topological polar surface area (TPSA) is 103 Å². The van der Waals surface area contributed by atoms with Crippen LogP contribution in [0.2, 0.25) is 0 Å². The lowest BCUT2D eigenvalue weighted by molar-refractivity contribution is -0.117. The molecule has 7 nitrogen and oxygen atoms in total. The zero-order valence-corrected chi connectivity index (χ0v) is 17.9. The summed E-state index contributed by atoms with van der Waals surface area (Å²) in [4.78, 5) is 26.2. The molecule has 158 valence electrons. The maximum absolute atomic E-state index is 13.2. The van der Waals surface area contributed by atoms with E-state index < -0.39 is 17.6 Å². The molecule has 2 amide bonds. The minimum absolute atomic E-state index is 0.107. The normalized spacial score (nSPS) is 12.5. The van der Waals surface area contributed by atoms with Crippen molar-refractivity contribution in [2.75, 3.05) is 11.9 Å². The molecule has 0 aliphatic heterocycles. The summed E-state index contributed by atoms with van der Waals surface area (Å²) in [7, 11) is 0. The van der Waals surface area contributed by atoms with Crippen molar-refractivity contribution >= 4 is 39.3 Å². The Morgan fingerprint density at radius 1 is 1.17 bits per heavy atom. The predicted molar refractivity (Wildman–Crippen MR) is 118 cm³/mol. The predicted octanol–water partition coefficient (Wildman–Crippen LogP) is 4.89. The maximum Gasteiger partial charge on any atom is 0.407 e. The second-order valence-electron chi connectivity index (χ2n) is 8.11. The first kappa shape index (κ1) is 21.6. The van der Waals surface area contributed by atoms with Crippen LogP contribution < -0.4 is 5.32 Å². The Morgan fingerprint density at radius 3 is 2.50 bits per heavy atom. The number of benzene rings is 2. The Kier molecular flexibility index (Phi) is 6.26. The van der Waals surface area contributed by atoms with Crippen molar-refractivity contribution in [1.82, 2.24) is 9.27 Å². The first-order valence-electron chi connectivity index (χ1n) is 9.60. The van der Waals surface area contributed by atoms with Gasteiger partial charge < -0.3 is 20.4 Å². The molecule has 2 aromatic carbocycles. The number of carbonyl (C=O) groups excluding carboxylic acids is 1. The fraction of sp³-hybridized carbons (Fsp3) is 0.318. The van der Waals surface area contributed by atoms with E-state index in [2.05, 4.69) is 9.69 Å². The average molecular weight is 428 g/mol. The molecule has 0 spiro atoms.